The topological polar surface area (TPSA) is 69.6 Å². The number of hydrogen-bond acceptors (Lipinski definition) is 2. The van der Waals surface area contributed by atoms with E-state index in [9.17, 15) is 9.59 Å². The third kappa shape index (κ3) is 3.05. The van der Waals surface area contributed by atoms with Crippen molar-refractivity contribution >= 4 is 17.7 Å². The fourth-order valence-corrected chi connectivity index (χ4v) is 1.48. The monoisotopic (exact) mass is 264 g/mol. The zero-order valence-corrected chi connectivity index (χ0v) is 11.9. The van der Waals surface area contributed by atoms with E-state index in [2.05, 4.69) is 5.32 Å². The Hall–Kier alpha value is -2.04. The quantitative estimate of drug-likeness (QED) is 0.881. The number of carboxylic acids is 1. The van der Waals surface area contributed by atoms with Gasteiger partial charge in [-0.1, -0.05) is 12.1 Å². The predicted octanol–water partition coefficient (Wildman–Crippen LogP) is 2.63. The van der Waals surface area contributed by atoms with E-state index in [1.54, 1.807) is 6.07 Å². The Morgan fingerprint density at radius 2 is 1.84 bits per heavy atom. The van der Waals surface area contributed by atoms with Crippen LogP contribution in [0.1, 0.15) is 25.0 Å². The number of likely N-dealkylation sites (N-methyl/N-ethyl adjacent to an activating group) is 1. The number of benzene rings is 1. The van der Waals surface area contributed by atoms with E-state index in [0.29, 0.717) is 5.69 Å². The minimum absolute atomic E-state index is 0.443. The number of aliphatic carboxylic acids is 1. The van der Waals surface area contributed by atoms with Gasteiger partial charge in [0.05, 0.1) is 0 Å². The second-order valence-electron chi connectivity index (χ2n) is 5.10. The van der Waals surface area contributed by atoms with Gasteiger partial charge in [0.15, 0.2) is 0 Å². The van der Waals surface area contributed by atoms with Gasteiger partial charge in [-0.15, -0.1) is 0 Å². The van der Waals surface area contributed by atoms with Crippen LogP contribution in [-0.2, 0) is 4.79 Å². The van der Waals surface area contributed by atoms with Gasteiger partial charge in [-0.25, -0.2) is 9.59 Å². The molecule has 0 heterocycles. The number of urea groups is 1. The molecule has 0 saturated heterocycles. The second-order valence-corrected chi connectivity index (χ2v) is 5.10. The summed E-state index contributed by atoms with van der Waals surface area (Å²) in [4.78, 5) is 24.4. The van der Waals surface area contributed by atoms with E-state index in [4.69, 9.17) is 5.11 Å². The standard InChI is InChI=1S/C14H20N2O3/c1-9-7-6-8-11(10(9)2)15-13(19)16(5)14(3,4)12(17)18/h6-8H,1-5H3,(H,15,19)(H,17,18). The lowest BCUT2D eigenvalue weighted by molar-refractivity contribution is -0.146. The Labute approximate surface area is 113 Å². The first kappa shape index (κ1) is 15.0. The van der Waals surface area contributed by atoms with E-state index in [1.807, 2.05) is 26.0 Å². The van der Waals surface area contributed by atoms with Crippen molar-refractivity contribution in [2.75, 3.05) is 12.4 Å². The van der Waals surface area contributed by atoms with Crippen molar-refractivity contribution in [3.63, 3.8) is 0 Å². The minimum Gasteiger partial charge on any atom is -0.480 e. The number of nitrogens with one attached hydrogen (secondary N) is 1. The fourth-order valence-electron chi connectivity index (χ4n) is 1.48. The first-order valence-corrected chi connectivity index (χ1v) is 6.02. The number of carboxylic acid groups (broad SMARTS) is 1. The van der Waals surface area contributed by atoms with E-state index in [0.717, 1.165) is 11.1 Å². The number of nitrogens with zero attached hydrogens (tertiary/aromatic N) is 1. The van der Waals surface area contributed by atoms with Crippen molar-refractivity contribution < 1.29 is 14.7 Å². The van der Waals surface area contributed by atoms with Crippen LogP contribution in [0.4, 0.5) is 10.5 Å². The van der Waals surface area contributed by atoms with Gasteiger partial charge in [0.25, 0.3) is 0 Å². The third-order valence-corrected chi connectivity index (χ3v) is 3.51. The Bertz CT molecular complexity index is 509. The molecule has 0 atom stereocenters. The number of rotatable bonds is 3. The molecule has 1 aromatic carbocycles. The Balaban J connectivity index is 2.92. The van der Waals surface area contributed by atoms with Gasteiger partial charge in [0.1, 0.15) is 5.54 Å². The van der Waals surface area contributed by atoms with Gasteiger partial charge in [0.2, 0.25) is 0 Å². The van der Waals surface area contributed by atoms with Gasteiger partial charge in [0, 0.05) is 12.7 Å². The summed E-state index contributed by atoms with van der Waals surface area (Å²) in [6.45, 7) is 6.83. The summed E-state index contributed by atoms with van der Waals surface area (Å²) in [6, 6.07) is 5.15. The molecule has 0 aliphatic carbocycles. The average Bonchev–Trinajstić information content (AvgIpc) is 2.33. The Morgan fingerprint density at radius 3 is 2.37 bits per heavy atom. The molecular formula is C14H20N2O3. The molecule has 2 amide bonds. The zero-order chi connectivity index (χ0) is 14.8. The maximum Gasteiger partial charge on any atom is 0.329 e. The molecule has 0 saturated carbocycles. The first-order chi connectivity index (χ1) is 8.67. The highest BCUT2D eigenvalue weighted by Crippen LogP contribution is 2.20. The number of carbonyl (C=O) groups is 2. The van der Waals surface area contributed by atoms with Crippen LogP contribution < -0.4 is 5.32 Å². The van der Waals surface area contributed by atoms with Gasteiger partial charge in [-0.3, -0.25) is 0 Å². The van der Waals surface area contributed by atoms with E-state index < -0.39 is 17.5 Å². The Morgan fingerprint density at radius 1 is 1.26 bits per heavy atom. The lowest BCUT2D eigenvalue weighted by Crippen LogP contribution is -2.52. The number of carbonyl (C=O) groups excluding carboxylic acids is 1. The summed E-state index contributed by atoms with van der Waals surface area (Å²) in [5.41, 5.74) is 1.47. The molecule has 0 aromatic heterocycles. The summed E-state index contributed by atoms with van der Waals surface area (Å²) >= 11 is 0. The first-order valence-electron chi connectivity index (χ1n) is 6.02. The lowest BCUT2D eigenvalue weighted by Gasteiger charge is -2.31. The molecule has 0 bridgehead atoms. The van der Waals surface area contributed by atoms with Crippen LogP contribution in [0.15, 0.2) is 18.2 Å². The number of amides is 2. The largest absolute Gasteiger partial charge is 0.480 e. The molecule has 0 aliphatic heterocycles. The van der Waals surface area contributed by atoms with Crippen molar-refractivity contribution in [2.45, 2.75) is 33.2 Å². The normalized spacial score (nSPS) is 11.0. The fraction of sp³-hybridized carbons (Fsp3) is 0.429. The molecule has 0 fully saturated rings. The highest BCUT2D eigenvalue weighted by atomic mass is 16.4. The van der Waals surface area contributed by atoms with Crippen LogP contribution in [0.3, 0.4) is 0 Å². The summed E-state index contributed by atoms with van der Waals surface area (Å²) < 4.78 is 0. The molecule has 19 heavy (non-hydrogen) atoms. The van der Waals surface area contributed by atoms with E-state index in [-0.39, 0.29) is 0 Å². The van der Waals surface area contributed by atoms with Crippen LogP contribution >= 0.6 is 0 Å². The van der Waals surface area contributed by atoms with E-state index >= 15 is 0 Å². The summed E-state index contributed by atoms with van der Waals surface area (Å²) in [7, 11) is 1.47. The molecule has 5 nitrogen and oxygen atoms in total. The minimum atomic E-state index is -1.26. The zero-order valence-electron chi connectivity index (χ0n) is 11.9. The van der Waals surface area contributed by atoms with Gasteiger partial charge in [-0.05, 0) is 44.9 Å². The van der Waals surface area contributed by atoms with Crippen molar-refractivity contribution in [1.29, 1.82) is 0 Å². The van der Waals surface area contributed by atoms with Crippen molar-refractivity contribution in [3.8, 4) is 0 Å². The van der Waals surface area contributed by atoms with Gasteiger partial charge in [-0.2, -0.15) is 0 Å². The highest BCUT2D eigenvalue weighted by molar-refractivity contribution is 5.94. The number of hydrogen-bond donors (Lipinski definition) is 2. The molecular weight excluding hydrogens is 244 g/mol. The Kier molecular flexibility index (Phi) is 4.19. The molecule has 1 aromatic rings. The van der Waals surface area contributed by atoms with Gasteiger partial charge < -0.3 is 15.3 Å². The SMILES string of the molecule is Cc1cccc(NC(=O)N(C)C(C)(C)C(=O)O)c1C. The maximum atomic E-state index is 12.1. The molecule has 104 valence electrons. The summed E-state index contributed by atoms with van der Waals surface area (Å²) in [5, 5.41) is 11.8. The lowest BCUT2D eigenvalue weighted by atomic mass is 10.0. The van der Waals surface area contributed by atoms with Crippen LogP contribution in [0.25, 0.3) is 0 Å². The van der Waals surface area contributed by atoms with Crippen molar-refractivity contribution in [3.05, 3.63) is 29.3 Å². The third-order valence-electron chi connectivity index (χ3n) is 3.51. The van der Waals surface area contributed by atoms with E-state index in [1.165, 1.54) is 25.8 Å². The molecule has 0 aliphatic rings. The molecule has 1 rings (SSSR count). The number of aryl methyl sites for hydroxylation is 1. The second kappa shape index (κ2) is 5.30. The molecule has 2 N–H and O–H groups in total. The molecule has 0 spiro atoms. The van der Waals surface area contributed by atoms with Crippen LogP contribution in [0, 0.1) is 13.8 Å². The molecule has 0 unspecified atom stereocenters. The smallest absolute Gasteiger partial charge is 0.329 e. The molecule has 5 heteroatoms. The van der Waals surface area contributed by atoms with Crippen LogP contribution in [-0.4, -0.2) is 34.6 Å². The van der Waals surface area contributed by atoms with Crippen molar-refractivity contribution in [1.82, 2.24) is 4.90 Å². The number of anilines is 1. The average molecular weight is 264 g/mol. The molecule has 0 radical (unpaired) electrons. The predicted molar refractivity (Wildman–Crippen MR) is 74.4 cm³/mol. The van der Waals surface area contributed by atoms with Crippen molar-refractivity contribution in [2.24, 2.45) is 0 Å². The summed E-state index contributed by atoms with van der Waals surface area (Å²) in [5.74, 6) is -1.05. The van der Waals surface area contributed by atoms with Crippen LogP contribution in [0.2, 0.25) is 0 Å². The highest BCUT2D eigenvalue weighted by Gasteiger charge is 2.35. The van der Waals surface area contributed by atoms with Gasteiger partial charge >= 0.3 is 12.0 Å². The van der Waals surface area contributed by atoms with Crippen LogP contribution in [0.5, 0.6) is 0 Å². The maximum absolute atomic E-state index is 12.1. The summed E-state index contributed by atoms with van der Waals surface area (Å²) in [6.07, 6.45) is 0.